The molecule has 0 spiro atoms. The third kappa shape index (κ3) is 5.89. The first-order chi connectivity index (χ1) is 9.79. The lowest BCUT2D eigenvalue weighted by atomic mass is 10.0. The zero-order valence-corrected chi connectivity index (χ0v) is 12.0. The quantitative estimate of drug-likeness (QED) is 0.813. The van der Waals surface area contributed by atoms with Gasteiger partial charge in [-0.25, -0.2) is 8.78 Å². The summed E-state index contributed by atoms with van der Waals surface area (Å²) in [6.45, 7) is 3.31. The third-order valence-corrected chi connectivity index (χ3v) is 3.04. The van der Waals surface area contributed by atoms with Crippen LogP contribution in [0.4, 0.5) is 8.78 Å². The van der Waals surface area contributed by atoms with Gasteiger partial charge in [-0.3, -0.25) is 9.59 Å². The minimum atomic E-state index is -0.961. The van der Waals surface area contributed by atoms with Gasteiger partial charge in [0.1, 0.15) is 11.6 Å². The first-order valence-electron chi connectivity index (χ1n) is 6.73. The van der Waals surface area contributed by atoms with Crippen LogP contribution < -0.4 is 5.32 Å². The van der Waals surface area contributed by atoms with Crippen LogP contribution in [0.2, 0.25) is 0 Å². The van der Waals surface area contributed by atoms with Gasteiger partial charge in [0, 0.05) is 24.4 Å². The van der Waals surface area contributed by atoms with E-state index in [4.69, 9.17) is 5.11 Å². The van der Waals surface area contributed by atoms with Gasteiger partial charge in [0.25, 0.3) is 0 Å². The van der Waals surface area contributed by atoms with Gasteiger partial charge in [0.15, 0.2) is 0 Å². The Morgan fingerprint density at radius 3 is 2.29 bits per heavy atom. The summed E-state index contributed by atoms with van der Waals surface area (Å²) in [5.41, 5.74) is -0.0658. The Morgan fingerprint density at radius 2 is 1.76 bits per heavy atom. The molecule has 2 unspecified atom stereocenters. The number of nitrogens with one attached hydrogen (secondary N) is 1. The van der Waals surface area contributed by atoms with E-state index in [-0.39, 0.29) is 36.7 Å². The van der Waals surface area contributed by atoms with Gasteiger partial charge < -0.3 is 10.4 Å². The number of halogens is 2. The highest BCUT2D eigenvalue weighted by Gasteiger charge is 2.17. The molecule has 1 aromatic carbocycles. The van der Waals surface area contributed by atoms with Crippen LogP contribution in [-0.4, -0.2) is 23.0 Å². The molecule has 1 rings (SSSR count). The number of rotatable bonds is 7. The molecular formula is C15H19F2NO3. The fourth-order valence-electron chi connectivity index (χ4n) is 2.11. The molecule has 21 heavy (non-hydrogen) atoms. The van der Waals surface area contributed by atoms with Crippen molar-refractivity contribution in [2.24, 2.45) is 5.92 Å². The average Bonchev–Trinajstić information content (AvgIpc) is 2.32. The molecule has 0 aliphatic heterocycles. The molecule has 0 bridgehead atoms. The van der Waals surface area contributed by atoms with E-state index in [1.54, 1.807) is 13.8 Å². The molecule has 0 saturated heterocycles. The Labute approximate surface area is 122 Å². The van der Waals surface area contributed by atoms with Crippen molar-refractivity contribution in [3.05, 3.63) is 35.4 Å². The van der Waals surface area contributed by atoms with E-state index in [0.29, 0.717) is 0 Å². The predicted octanol–water partition coefficient (Wildman–Crippen LogP) is 2.51. The Bertz CT molecular complexity index is 499. The zero-order valence-electron chi connectivity index (χ0n) is 12.0. The van der Waals surface area contributed by atoms with Gasteiger partial charge in [-0.15, -0.1) is 0 Å². The van der Waals surface area contributed by atoms with E-state index < -0.39 is 23.6 Å². The molecule has 0 aliphatic rings. The second kappa shape index (κ2) is 7.71. The van der Waals surface area contributed by atoms with E-state index >= 15 is 0 Å². The van der Waals surface area contributed by atoms with Gasteiger partial charge in [0.05, 0.1) is 0 Å². The van der Waals surface area contributed by atoms with Crippen LogP contribution in [0.3, 0.4) is 0 Å². The number of carbonyl (C=O) groups excluding carboxylic acids is 1. The van der Waals surface area contributed by atoms with Crippen molar-refractivity contribution in [2.45, 2.75) is 39.2 Å². The zero-order chi connectivity index (χ0) is 16.0. The molecule has 4 nitrogen and oxygen atoms in total. The highest BCUT2D eigenvalue weighted by atomic mass is 19.1. The molecule has 2 atom stereocenters. The molecule has 6 heteroatoms. The second-order valence-electron chi connectivity index (χ2n) is 5.28. The number of benzene rings is 1. The van der Waals surface area contributed by atoms with Crippen LogP contribution in [0.15, 0.2) is 18.2 Å². The van der Waals surface area contributed by atoms with Crippen LogP contribution in [0, 0.1) is 17.6 Å². The highest BCUT2D eigenvalue weighted by molar-refractivity contribution is 5.77. The second-order valence-corrected chi connectivity index (χ2v) is 5.28. The summed E-state index contributed by atoms with van der Waals surface area (Å²) in [7, 11) is 0. The van der Waals surface area contributed by atoms with Crippen molar-refractivity contribution in [3.8, 4) is 0 Å². The van der Waals surface area contributed by atoms with Gasteiger partial charge >= 0.3 is 5.97 Å². The number of carboxylic acids is 1. The Morgan fingerprint density at radius 1 is 1.19 bits per heavy atom. The number of amides is 1. The maximum atomic E-state index is 13.5. The van der Waals surface area contributed by atoms with Crippen LogP contribution in [-0.2, 0) is 16.0 Å². The van der Waals surface area contributed by atoms with Crippen molar-refractivity contribution in [2.75, 3.05) is 0 Å². The molecule has 0 aliphatic carbocycles. The average molecular weight is 299 g/mol. The lowest BCUT2D eigenvalue weighted by molar-refractivity contribution is -0.138. The van der Waals surface area contributed by atoms with Crippen molar-refractivity contribution < 1.29 is 23.5 Å². The minimum absolute atomic E-state index is 0.0392. The predicted molar refractivity (Wildman–Crippen MR) is 73.7 cm³/mol. The van der Waals surface area contributed by atoms with Crippen LogP contribution >= 0.6 is 0 Å². The number of carbonyl (C=O) groups is 2. The van der Waals surface area contributed by atoms with Crippen LogP contribution in [0.5, 0.6) is 0 Å². The smallest absolute Gasteiger partial charge is 0.303 e. The Kier molecular flexibility index (Phi) is 6.27. The van der Waals surface area contributed by atoms with Gasteiger partial charge in [-0.2, -0.15) is 0 Å². The molecule has 1 aromatic rings. The summed E-state index contributed by atoms with van der Waals surface area (Å²) in [6.07, 6.45) is 0.0116. The minimum Gasteiger partial charge on any atom is -0.481 e. The van der Waals surface area contributed by atoms with E-state index in [1.807, 2.05) is 0 Å². The lowest BCUT2D eigenvalue weighted by Gasteiger charge is -2.16. The van der Waals surface area contributed by atoms with E-state index in [0.717, 1.165) is 0 Å². The number of carboxylic acid groups (broad SMARTS) is 1. The van der Waals surface area contributed by atoms with Gasteiger partial charge in [-0.05, 0) is 31.4 Å². The standard InChI is InChI=1S/C15H19F2NO3/c1-9(7-15(20)21)6-14(19)18-10(2)8-11-12(16)4-3-5-13(11)17/h3-5,9-10H,6-8H2,1-2H3,(H,18,19)(H,20,21). The van der Waals surface area contributed by atoms with Crippen LogP contribution in [0.25, 0.3) is 0 Å². The van der Waals surface area contributed by atoms with Gasteiger partial charge in [-0.1, -0.05) is 13.0 Å². The molecule has 0 heterocycles. The van der Waals surface area contributed by atoms with E-state index in [2.05, 4.69) is 5.32 Å². The molecule has 0 radical (unpaired) electrons. The summed E-state index contributed by atoms with van der Waals surface area (Å²) in [6, 6.07) is 3.18. The molecular weight excluding hydrogens is 280 g/mol. The monoisotopic (exact) mass is 299 g/mol. The fraction of sp³-hybridized carbons (Fsp3) is 0.467. The molecule has 2 N–H and O–H groups in total. The molecule has 0 aromatic heterocycles. The van der Waals surface area contributed by atoms with Crippen molar-refractivity contribution in [3.63, 3.8) is 0 Å². The lowest BCUT2D eigenvalue weighted by Crippen LogP contribution is -2.35. The SMILES string of the molecule is CC(CC(=O)O)CC(=O)NC(C)Cc1c(F)cccc1F. The summed E-state index contributed by atoms with van der Waals surface area (Å²) >= 11 is 0. The number of aliphatic carboxylic acids is 1. The Balaban J connectivity index is 2.52. The summed E-state index contributed by atoms with van der Waals surface area (Å²) < 4.78 is 27.0. The number of hydrogen-bond donors (Lipinski definition) is 2. The molecule has 116 valence electrons. The summed E-state index contributed by atoms with van der Waals surface area (Å²) in [5.74, 6) is -2.87. The maximum absolute atomic E-state index is 13.5. The normalized spacial score (nSPS) is 13.5. The van der Waals surface area contributed by atoms with Gasteiger partial charge in [0.2, 0.25) is 5.91 Å². The van der Waals surface area contributed by atoms with E-state index in [9.17, 15) is 18.4 Å². The Hall–Kier alpha value is -1.98. The fourth-order valence-corrected chi connectivity index (χ4v) is 2.11. The highest BCUT2D eigenvalue weighted by Crippen LogP contribution is 2.14. The molecule has 0 saturated carbocycles. The maximum Gasteiger partial charge on any atom is 0.303 e. The summed E-state index contributed by atoms with van der Waals surface area (Å²) in [5, 5.41) is 11.2. The topological polar surface area (TPSA) is 66.4 Å². The molecule has 1 amide bonds. The first kappa shape index (κ1) is 17.1. The van der Waals surface area contributed by atoms with Crippen molar-refractivity contribution in [1.82, 2.24) is 5.32 Å². The van der Waals surface area contributed by atoms with E-state index in [1.165, 1.54) is 18.2 Å². The van der Waals surface area contributed by atoms with Crippen molar-refractivity contribution in [1.29, 1.82) is 0 Å². The first-order valence-corrected chi connectivity index (χ1v) is 6.73. The largest absolute Gasteiger partial charge is 0.481 e. The van der Waals surface area contributed by atoms with Crippen LogP contribution in [0.1, 0.15) is 32.3 Å². The third-order valence-electron chi connectivity index (χ3n) is 3.04. The molecule has 0 fully saturated rings. The van der Waals surface area contributed by atoms with Crippen molar-refractivity contribution >= 4 is 11.9 Å². The number of hydrogen-bond acceptors (Lipinski definition) is 2. The summed E-state index contributed by atoms with van der Waals surface area (Å²) in [4.78, 5) is 22.2.